The third-order valence-electron chi connectivity index (χ3n) is 2.28. The number of aryl methyl sites for hydroxylation is 1. The molecule has 1 aromatic carbocycles. The van der Waals surface area contributed by atoms with Crippen molar-refractivity contribution in [3.63, 3.8) is 0 Å². The Morgan fingerprint density at radius 2 is 2.07 bits per heavy atom. The van der Waals surface area contributed by atoms with Gasteiger partial charge in [0.25, 0.3) is 0 Å². The molecule has 2 rings (SSSR count). The number of para-hydroxylation sites is 1. The first-order valence-electron chi connectivity index (χ1n) is 4.91. The summed E-state index contributed by atoms with van der Waals surface area (Å²) in [6.45, 7) is 5.07. The van der Waals surface area contributed by atoms with Gasteiger partial charge in [0, 0.05) is 11.9 Å². The van der Waals surface area contributed by atoms with Crippen molar-refractivity contribution < 1.29 is 0 Å². The van der Waals surface area contributed by atoms with Gasteiger partial charge in [-0.15, -0.1) is 0 Å². The Bertz CT molecular complexity index is 449. The molecule has 0 aliphatic carbocycles. The summed E-state index contributed by atoms with van der Waals surface area (Å²) < 4.78 is 0. The number of fused-ring (bicyclic) bond motifs is 1. The van der Waals surface area contributed by atoms with E-state index < -0.39 is 0 Å². The number of aromatic nitrogens is 1. The molecule has 0 amide bonds. The largest absolute Gasteiger partial charge is 0.370 e. The Morgan fingerprint density at radius 3 is 2.86 bits per heavy atom. The van der Waals surface area contributed by atoms with Crippen molar-refractivity contribution >= 4 is 16.7 Å². The lowest BCUT2D eigenvalue weighted by atomic mass is 10.1. The molecule has 2 aromatic rings. The molecule has 14 heavy (non-hydrogen) atoms. The van der Waals surface area contributed by atoms with E-state index in [0.717, 1.165) is 17.9 Å². The van der Waals surface area contributed by atoms with Crippen LogP contribution in [0, 0.1) is 6.92 Å². The number of pyridine rings is 1. The number of rotatable bonds is 2. The number of nitrogens with one attached hydrogen (secondary N) is 1. The number of hydrogen-bond acceptors (Lipinski definition) is 2. The molecule has 0 unspecified atom stereocenters. The molecule has 1 N–H and O–H groups in total. The summed E-state index contributed by atoms with van der Waals surface area (Å²) >= 11 is 0. The lowest BCUT2D eigenvalue weighted by Gasteiger charge is -2.05. The Balaban J connectivity index is 2.58. The molecule has 1 heterocycles. The summed E-state index contributed by atoms with van der Waals surface area (Å²) in [5.41, 5.74) is 2.31. The molecule has 2 nitrogen and oxygen atoms in total. The van der Waals surface area contributed by atoms with Crippen LogP contribution in [0.4, 0.5) is 5.82 Å². The standard InChI is InChI=1S/C12H14N2/c1-3-13-11-8-7-10-6-4-5-9(2)12(10)14-11/h4-8H,3H2,1-2H3,(H,13,14). The van der Waals surface area contributed by atoms with Crippen LogP contribution in [0.25, 0.3) is 10.9 Å². The molecule has 0 saturated carbocycles. The van der Waals surface area contributed by atoms with Crippen molar-refractivity contribution in [3.05, 3.63) is 35.9 Å². The van der Waals surface area contributed by atoms with E-state index >= 15 is 0 Å². The average molecular weight is 186 g/mol. The lowest BCUT2D eigenvalue weighted by Crippen LogP contribution is -1.99. The molecule has 0 bridgehead atoms. The van der Waals surface area contributed by atoms with Crippen LogP contribution in [0.3, 0.4) is 0 Å². The summed E-state index contributed by atoms with van der Waals surface area (Å²) in [5.74, 6) is 0.953. The second-order valence-corrected chi connectivity index (χ2v) is 3.37. The van der Waals surface area contributed by atoms with Gasteiger partial charge in [-0.3, -0.25) is 0 Å². The second-order valence-electron chi connectivity index (χ2n) is 3.37. The van der Waals surface area contributed by atoms with Crippen LogP contribution in [0.1, 0.15) is 12.5 Å². The smallest absolute Gasteiger partial charge is 0.126 e. The summed E-state index contributed by atoms with van der Waals surface area (Å²) in [6, 6.07) is 10.4. The van der Waals surface area contributed by atoms with Gasteiger partial charge in [0.05, 0.1) is 5.52 Å². The molecule has 0 aliphatic rings. The van der Waals surface area contributed by atoms with Crippen molar-refractivity contribution in [1.29, 1.82) is 0 Å². The van der Waals surface area contributed by atoms with E-state index in [2.05, 4.69) is 48.4 Å². The molecular formula is C12H14N2. The second kappa shape index (κ2) is 3.66. The minimum absolute atomic E-state index is 0.907. The van der Waals surface area contributed by atoms with E-state index in [1.165, 1.54) is 10.9 Å². The predicted octanol–water partition coefficient (Wildman–Crippen LogP) is 2.98. The third kappa shape index (κ3) is 1.55. The van der Waals surface area contributed by atoms with Crippen molar-refractivity contribution in [3.8, 4) is 0 Å². The van der Waals surface area contributed by atoms with Crippen LogP contribution >= 0.6 is 0 Å². The fourth-order valence-electron chi connectivity index (χ4n) is 1.57. The molecule has 0 radical (unpaired) electrons. The molecule has 0 aliphatic heterocycles. The van der Waals surface area contributed by atoms with Crippen LogP contribution in [-0.4, -0.2) is 11.5 Å². The molecular weight excluding hydrogens is 172 g/mol. The van der Waals surface area contributed by atoms with Crippen LogP contribution in [0.15, 0.2) is 30.3 Å². The quantitative estimate of drug-likeness (QED) is 0.780. The zero-order valence-corrected chi connectivity index (χ0v) is 8.54. The van der Waals surface area contributed by atoms with Gasteiger partial charge in [-0.2, -0.15) is 0 Å². The SMILES string of the molecule is CCNc1ccc2cccc(C)c2n1. The fraction of sp³-hybridized carbons (Fsp3) is 0.250. The first-order valence-corrected chi connectivity index (χ1v) is 4.91. The summed E-state index contributed by atoms with van der Waals surface area (Å²) in [4.78, 5) is 4.55. The van der Waals surface area contributed by atoms with E-state index in [-0.39, 0.29) is 0 Å². The van der Waals surface area contributed by atoms with E-state index in [0.29, 0.717) is 0 Å². The Labute approximate surface area is 84.0 Å². The van der Waals surface area contributed by atoms with Crippen molar-refractivity contribution in [2.45, 2.75) is 13.8 Å². The maximum Gasteiger partial charge on any atom is 0.126 e. The van der Waals surface area contributed by atoms with Gasteiger partial charge in [-0.25, -0.2) is 4.98 Å². The number of hydrogen-bond donors (Lipinski definition) is 1. The fourth-order valence-corrected chi connectivity index (χ4v) is 1.57. The average Bonchev–Trinajstić information content (AvgIpc) is 2.20. The highest BCUT2D eigenvalue weighted by molar-refractivity contribution is 5.83. The van der Waals surface area contributed by atoms with Crippen LogP contribution < -0.4 is 5.32 Å². The van der Waals surface area contributed by atoms with Gasteiger partial charge in [0.1, 0.15) is 5.82 Å². The first kappa shape index (κ1) is 9.00. The molecule has 2 heteroatoms. The Morgan fingerprint density at radius 1 is 1.21 bits per heavy atom. The van der Waals surface area contributed by atoms with Gasteiger partial charge in [-0.05, 0) is 31.5 Å². The zero-order valence-electron chi connectivity index (χ0n) is 8.54. The Kier molecular flexibility index (Phi) is 2.35. The molecule has 72 valence electrons. The predicted molar refractivity (Wildman–Crippen MR) is 60.6 cm³/mol. The number of benzene rings is 1. The van der Waals surface area contributed by atoms with Gasteiger partial charge in [0.2, 0.25) is 0 Å². The third-order valence-corrected chi connectivity index (χ3v) is 2.28. The first-order chi connectivity index (χ1) is 6.81. The molecule has 0 saturated heterocycles. The maximum atomic E-state index is 4.55. The maximum absolute atomic E-state index is 4.55. The van der Waals surface area contributed by atoms with Crippen molar-refractivity contribution in [1.82, 2.24) is 4.98 Å². The Hall–Kier alpha value is -1.57. The molecule has 0 atom stereocenters. The number of anilines is 1. The van der Waals surface area contributed by atoms with Gasteiger partial charge in [-0.1, -0.05) is 18.2 Å². The zero-order chi connectivity index (χ0) is 9.97. The highest BCUT2D eigenvalue weighted by atomic mass is 15.0. The van der Waals surface area contributed by atoms with Crippen molar-refractivity contribution in [2.75, 3.05) is 11.9 Å². The van der Waals surface area contributed by atoms with Crippen LogP contribution in [0.5, 0.6) is 0 Å². The van der Waals surface area contributed by atoms with E-state index in [1.54, 1.807) is 0 Å². The topological polar surface area (TPSA) is 24.9 Å². The minimum Gasteiger partial charge on any atom is -0.370 e. The van der Waals surface area contributed by atoms with Gasteiger partial charge >= 0.3 is 0 Å². The van der Waals surface area contributed by atoms with E-state index in [9.17, 15) is 0 Å². The summed E-state index contributed by atoms with van der Waals surface area (Å²) in [6.07, 6.45) is 0. The van der Waals surface area contributed by atoms with Crippen LogP contribution in [-0.2, 0) is 0 Å². The monoisotopic (exact) mass is 186 g/mol. The number of nitrogens with zero attached hydrogens (tertiary/aromatic N) is 1. The van der Waals surface area contributed by atoms with E-state index in [4.69, 9.17) is 0 Å². The highest BCUT2D eigenvalue weighted by Crippen LogP contribution is 2.18. The summed E-state index contributed by atoms with van der Waals surface area (Å²) in [7, 11) is 0. The van der Waals surface area contributed by atoms with Crippen LogP contribution in [0.2, 0.25) is 0 Å². The molecule has 0 fully saturated rings. The minimum atomic E-state index is 0.907. The molecule has 1 aromatic heterocycles. The lowest BCUT2D eigenvalue weighted by molar-refractivity contribution is 1.17. The molecule has 0 spiro atoms. The van der Waals surface area contributed by atoms with Crippen molar-refractivity contribution in [2.24, 2.45) is 0 Å². The van der Waals surface area contributed by atoms with E-state index in [1.807, 2.05) is 6.07 Å². The highest BCUT2D eigenvalue weighted by Gasteiger charge is 1.99. The van der Waals surface area contributed by atoms with Gasteiger partial charge in [0.15, 0.2) is 0 Å². The summed E-state index contributed by atoms with van der Waals surface area (Å²) in [5, 5.41) is 4.42. The normalized spacial score (nSPS) is 10.4. The van der Waals surface area contributed by atoms with Gasteiger partial charge < -0.3 is 5.32 Å².